The lowest BCUT2D eigenvalue weighted by Crippen LogP contribution is -2.13. The molecule has 18 heavy (non-hydrogen) atoms. The van der Waals surface area contributed by atoms with Crippen molar-refractivity contribution >= 4 is 23.1 Å². The van der Waals surface area contributed by atoms with Gasteiger partial charge in [-0.1, -0.05) is 23.7 Å². The molecule has 2 N–H and O–H groups in total. The molecule has 0 radical (unpaired) electrons. The molecular formula is C14H16ClN3. The van der Waals surface area contributed by atoms with Crippen molar-refractivity contribution in [3.8, 4) is 0 Å². The molecule has 0 aliphatic rings. The Morgan fingerprint density at radius 2 is 2.11 bits per heavy atom. The van der Waals surface area contributed by atoms with Gasteiger partial charge in [0.15, 0.2) is 5.82 Å². The molecule has 0 spiro atoms. The number of rotatable bonds is 3. The zero-order valence-corrected chi connectivity index (χ0v) is 11.3. The summed E-state index contributed by atoms with van der Waals surface area (Å²) in [6, 6.07) is 10.0. The van der Waals surface area contributed by atoms with Gasteiger partial charge in [-0.3, -0.25) is 0 Å². The summed E-state index contributed by atoms with van der Waals surface area (Å²) in [5, 5.41) is 0.615. The molecule has 4 heteroatoms. The topological polar surface area (TPSA) is 42.2 Å². The Balaban J connectivity index is 2.43. The van der Waals surface area contributed by atoms with Crippen molar-refractivity contribution in [2.75, 3.05) is 11.9 Å². The maximum absolute atomic E-state index is 6.31. The van der Waals surface area contributed by atoms with Gasteiger partial charge in [0.25, 0.3) is 0 Å². The molecule has 0 saturated carbocycles. The van der Waals surface area contributed by atoms with E-state index in [9.17, 15) is 0 Å². The van der Waals surface area contributed by atoms with Gasteiger partial charge in [-0.15, -0.1) is 0 Å². The van der Waals surface area contributed by atoms with E-state index in [1.807, 2.05) is 30.1 Å². The highest BCUT2D eigenvalue weighted by Crippen LogP contribution is 2.30. The molecule has 2 aromatic rings. The lowest BCUT2D eigenvalue weighted by Gasteiger charge is -2.20. The molecule has 0 fully saturated rings. The third kappa shape index (κ3) is 2.47. The van der Waals surface area contributed by atoms with Crippen LogP contribution in [0.2, 0.25) is 5.02 Å². The van der Waals surface area contributed by atoms with Gasteiger partial charge in [0.1, 0.15) is 0 Å². The average molecular weight is 262 g/mol. The lowest BCUT2D eigenvalue weighted by atomic mass is 10.2. The van der Waals surface area contributed by atoms with Crippen LogP contribution in [0.15, 0.2) is 36.5 Å². The second-order valence-electron chi connectivity index (χ2n) is 4.21. The molecule has 0 unspecified atom stereocenters. The van der Waals surface area contributed by atoms with Crippen LogP contribution in [-0.4, -0.2) is 12.0 Å². The SMILES string of the molecule is Cc1cccc(N(C)c2nccc(CN)c2Cl)c1. The number of aromatic nitrogens is 1. The van der Waals surface area contributed by atoms with Crippen LogP contribution < -0.4 is 10.6 Å². The first kappa shape index (κ1) is 12.9. The highest BCUT2D eigenvalue weighted by atomic mass is 35.5. The second kappa shape index (κ2) is 5.38. The summed E-state index contributed by atoms with van der Waals surface area (Å²) in [6.45, 7) is 2.47. The van der Waals surface area contributed by atoms with E-state index in [4.69, 9.17) is 17.3 Å². The average Bonchev–Trinajstić information content (AvgIpc) is 2.38. The normalized spacial score (nSPS) is 10.4. The van der Waals surface area contributed by atoms with Crippen molar-refractivity contribution in [3.63, 3.8) is 0 Å². The summed E-state index contributed by atoms with van der Waals surface area (Å²) < 4.78 is 0. The van der Waals surface area contributed by atoms with Crippen molar-refractivity contribution < 1.29 is 0 Å². The summed E-state index contributed by atoms with van der Waals surface area (Å²) in [7, 11) is 1.95. The molecule has 0 amide bonds. The van der Waals surface area contributed by atoms with Gasteiger partial charge in [-0.05, 0) is 36.2 Å². The third-order valence-electron chi connectivity index (χ3n) is 2.88. The van der Waals surface area contributed by atoms with Crippen molar-refractivity contribution in [2.45, 2.75) is 13.5 Å². The largest absolute Gasteiger partial charge is 0.328 e. The van der Waals surface area contributed by atoms with Gasteiger partial charge >= 0.3 is 0 Å². The Morgan fingerprint density at radius 3 is 2.78 bits per heavy atom. The first-order valence-corrected chi connectivity index (χ1v) is 6.15. The summed E-state index contributed by atoms with van der Waals surface area (Å²) >= 11 is 6.31. The molecule has 0 atom stereocenters. The molecule has 1 aromatic heterocycles. The summed E-state index contributed by atoms with van der Waals surface area (Å²) in [5.41, 5.74) is 8.81. The first-order valence-electron chi connectivity index (χ1n) is 5.77. The van der Waals surface area contributed by atoms with Crippen LogP contribution >= 0.6 is 11.6 Å². The molecule has 0 aliphatic carbocycles. The molecule has 0 bridgehead atoms. The Morgan fingerprint density at radius 1 is 1.33 bits per heavy atom. The highest BCUT2D eigenvalue weighted by Gasteiger charge is 2.12. The summed E-state index contributed by atoms with van der Waals surface area (Å²) in [6.07, 6.45) is 1.73. The molecule has 1 aromatic carbocycles. The third-order valence-corrected chi connectivity index (χ3v) is 3.29. The zero-order chi connectivity index (χ0) is 13.1. The smallest absolute Gasteiger partial charge is 0.151 e. The lowest BCUT2D eigenvalue weighted by molar-refractivity contribution is 1.04. The highest BCUT2D eigenvalue weighted by molar-refractivity contribution is 6.33. The zero-order valence-electron chi connectivity index (χ0n) is 10.5. The molecule has 2 rings (SSSR count). The van der Waals surface area contributed by atoms with E-state index < -0.39 is 0 Å². The van der Waals surface area contributed by atoms with Crippen LogP contribution in [0.25, 0.3) is 0 Å². The van der Waals surface area contributed by atoms with Crippen LogP contribution in [0.5, 0.6) is 0 Å². The summed E-state index contributed by atoms with van der Waals surface area (Å²) in [4.78, 5) is 6.30. The number of anilines is 2. The van der Waals surface area contributed by atoms with E-state index in [1.165, 1.54) is 5.56 Å². The maximum Gasteiger partial charge on any atom is 0.151 e. The van der Waals surface area contributed by atoms with Crippen LogP contribution in [0.1, 0.15) is 11.1 Å². The predicted molar refractivity (Wildman–Crippen MR) is 76.4 cm³/mol. The van der Waals surface area contributed by atoms with E-state index in [0.717, 1.165) is 17.1 Å². The molecule has 1 heterocycles. The molecular weight excluding hydrogens is 246 g/mol. The van der Waals surface area contributed by atoms with Gasteiger partial charge in [-0.2, -0.15) is 0 Å². The van der Waals surface area contributed by atoms with Crippen LogP contribution in [0, 0.1) is 6.92 Å². The van der Waals surface area contributed by atoms with Crippen LogP contribution in [-0.2, 0) is 6.54 Å². The van der Waals surface area contributed by atoms with Crippen LogP contribution in [0.3, 0.4) is 0 Å². The summed E-state index contributed by atoms with van der Waals surface area (Å²) in [5.74, 6) is 0.727. The fourth-order valence-corrected chi connectivity index (χ4v) is 2.14. The minimum atomic E-state index is 0.413. The number of nitrogens with two attached hydrogens (primary N) is 1. The van der Waals surface area contributed by atoms with Gasteiger partial charge < -0.3 is 10.6 Å². The van der Waals surface area contributed by atoms with Crippen molar-refractivity contribution in [2.24, 2.45) is 5.73 Å². The van der Waals surface area contributed by atoms with Gasteiger partial charge in [0.05, 0.1) is 5.02 Å². The molecule has 0 aliphatic heterocycles. The van der Waals surface area contributed by atoms with Gasteiger partial charge in [0, 0.05) is 25.5 Å². The van der Waals surface area contributed by atoms with Gasteiger partial charge in [-0.25, -0.2) is 4.98 Å². The number of aryl methyl sites for hydroxylation is 1. The number of hydrogen-bond acceptors (Lipinski definition) is 3. The molecule has 94 valence electrons. The van der Waals surface area contributed by atoms with Gasteiger partial charge in [0.2, 0.25) is 0 Å². The predicted octanol–water partition coefficient (Wildman–Crippen LogP) is 3.27. The van der Waals surface area contributed by atoms with E-state index in [1.54, 1.807) is 6.20 Å². The van der Waals surface area contributed by atoms with E-state index >= 15 is 0 Å². The van der Waals surface area contributed by atoms with Crippen molar-refractivity contribution in [3.05, 3.63) is 52.7 Å². The van der Waals surface area contributed by atoms with E-state index in [0.29, 0.717) is 11.6 Å². The number of hydrogen-bond donors (Lipinski definition) is 1. The Labute approximate surface area is 112 Å². The van der Waals surface area contributed by atoms with Crippen molar-refractivity contribution in [1.82, 2.24) is 4.98 Å². The number of halogens is 1. The van der Waals surface area contributed by atoms with Crippen molar-refractivity contribution in [1.29, 1.82) is 0 Å². The standard InChI is InChI=1S/C14H16ClN3/c1-10-4-3-5-12(8-10)18(2)14-13(15)11(9-16)6-7-17-14/h3-8H,9,16H2,1-2H3. The molecule has 3 nitrogen and oxygen atoms in total. The van der Waals surface area contributed by atoms with E-state index in [-0.39, 0.29) is 0 Å². The Kier molecular flexibility index (Phi) is 3.84. The monoisotopic (exact) mass is 261 g/mol. The minimum Gasteiger partial charge on any atom is -0.328 e. The Bertz CT molecular complexity index is 554. The number of benzene rings is 1. The number of pyridine rings is 1. The first-order chi connectivity index (χ1) is 8.63. The molecule has 0 saturated heterocycles. The minimum absolute atomic E-state index is 0.413. The maximum atomic E-state index is 6.31. The second-order valence-corrected chi connectivity index (χ2v) is 4.59. The fourth-order valence-electron chi connectivity index (χ4n) is 1.82. The number of nitrogens with zero attached hydrogens (tertiary/aromatic N) is 2. The van der Waals surface area contributed by atoms with Crippen LogP contribution in [0.4, 0.5) is 11.5 Å². The fraction of sp³-hybridized carbons (Fsp3) is 0.214. The quantitative estimate of drug-likeness (QED) is 0.922. The van der Waals surface area contributed by atoms with E-state index in [2.05, 4.69) is 24.0 Å². The Hall–Kier alpha value is -1.58.